The molecule has 0 spiro atoms. The Bertz CT molecular complexity index is 514. The number of para-hydroxylation sites is 1. The smallest absolute Gasteiger partial charge is 0.314 e. The molecule has 1 aromatic rings. The Labute approximate surface area is 104 Å². The van der Waals surface area contributed by atoms with Crippen LogP contribution in [0.25, 0.3) is 0 Å². The molecule has 1 amide bonds. The van der Waals surface area contributed by atoms with Gasteiger partial charge in [0.2, 0.25) is 5.91 Å². The predicted octanol–water partition coefficient (Wildman–Crippen LogP) is 2.05. The van der Waals surface area contributed by atoms with Crippen molar-refractivity contribution in [2.45, 2.75) is 18.8 Å². The van der Waals surface area contributed by atoms with Gasteiger partial charge in [0.1, 0.15) is 5.41 Å². The van der Waals surface area contributed by atoms with Gasteiger partial charge in [-0.15, -0.1) is 0 Å². The Balaban J connectivity index is 2.74. The van der Waals surface area contributed by atoms with Crippen LogP contribution in [0.2, 0.25) is 5.02 Å². The third kappa shape index (κ3) is 1.60. The molecule has 90 valence electrons. The molecule has 1 N–H and O–H groups in total. The quantitative estimate of drug-likeness (QED) is 0.833. The topological polar surface area (TPSA) is 57.6 Å². The van der Waals surface area contributed by atoms with E-state index >= 15 is 0 Å². The lowest BCUT2D eigenvalue weighted by molar-refractivity contribution is -0.145. The second kappa shape index (κ2) is 3.74. The molecule has 1 aliphatic heterocycles. The zero-order chi connectivity index (χ0) is 12.8. The highest BCUT2D eigenvalue weighted by atomic mass is 35.5. The van der Waals surface area contributed by atoms with Gasteiger partial charge in [0.15, 0.2) is 0 Å². The number of hydrogen-bond acceptors (Lipinski definition) is 2. The van der Waals surface area contributed by atoms with Crippen LogP contribution in [0.4, 0.5) is 5.69 Å². The van der Waals surface area contributed by atoms with Crippen molar-refractivity contribution in [2.24, 2.45) is 0 Å². The molecule has 17 heavy (non-hydrogen) atoms. The van der Waals surface area contributed by atoms with Crippen molar-refractivity contribution in [1.82, 2.24) is 0 Å². The first kappa shape index (κ1) is 11.9. The van der Waals surface area contributed by atoms with Crippen molar-refractivity contribution >= 4 is 29.2 Å². The van der Waals surface area contributed by atoms with E-state index in [-0.39, 0.29) is 12.3 Å². The minimum Gasteiger partial charge on any atom is -0.481 e. The molecule has 1 atom stereocenters. The molecule has 1 aromatic carbocycles. The summed E-state index contributed by atoms with van der Waals surface area (Å²) >= 11 is 6.05. The summed E-state index contributed by atoms with van der Waals surface area (Å²) in [5.41, 5.74) is -0.126. The molecule has 0 saturated heterocycles. The fourth-order valence-electron chi connectivity index (χ4n) is 2.13. The number of benzene rings is 1. The number of carbonyl (C=O) groups is 2. The van der Waals surface area contributed by atoms with Crippen LogP contribution in [0.5, 0.6) is 0 Å². The molecule has 0 radical (unpaired) electrons. The molecule has 0 aromatic heterocycles. The SMILES string of the molecule is CN1C(=O)CC(C)(C(=O)O)c2cccc(Cl)c21. The molecule has 1 unspecified atom stereocenters. The van der Waals surface area contributed by atoms with Gasteiger partial charge in [-0.3, -0.25) is 9.59 Å². The number of carboxylic acid groups (broad SMARTS) is 1. The number of nitrogens with zero attached hydrogens (tertiary/aromatic N) is 1. The fraction of sp³-hybridized carbons (Fsp3) is 0.333. The van der Waals surface area contributed by atoms with Crippen LogP contribution in [0.3, 0.4) is 0 Å². The molecule has 0 saturated carbocycles. The van der Waals surface area contributed by atoms with Crippen LogP contribution < -0.4 is 4.90 Å². The highest BCUT2D eigenvalue weighted by Gasteiger charge is 2.45. The third-order valence-electron chi connectivity index (χ3n) is 3.27. The first-order valence-electron chi connectivity index (χ1n) is 5.17. The van der Waals surface area contributed by atoms with E-state index in [9.17, 15) is 14.7 Å². The molecule has 1 heterocycles. The summed E-state index contributed by atoms with van der Waals surface area (Å²) in [5, 5.41) is 9.72. The number of amides is 1. The van der Waals surface area contributed by atoms with Gasteiger partial charge in [-0.05, 0) is 18.6 Å². The molecule has 5 heteroatoms. The fourth-order valence-corrected chi connectivity index (χ4v) is 2.43. The van der Waals surface area contributed by atoms with Gasteiger partial charge in [-0.1, -0.05) is 23.7 Å². The molecule has 0 fully saturated rings. The van der Waals surface area contributed by atoms with Crippen LogP contribution in [0, 0.1) is 0 Å². The summed E-state index contributed by atoms with van der Waals surface area (Å²) in [6, 6.07) is 5.06. The Kier molecular flexibility index (Phi) is 2.62. The summed E-state index contributed by atoms with van der Waals surface area (Å²) in [6.07, 6.45) is -0.0494. The van der Waals surface area contributed by atoms with Crippen LogP contribution in [0.1, 0.15) is 18.9 Å². The highest BCUT2D eigenvalue weighted by Crippen LogP contribution is 2.43. The second-order valence-electron chi connectivity index (χ2n) is 4.40. The Morgan fingerprint density at radius 3 is 2.76 bits per heavy atom. The number of fused-ring (bicyclic) bond motifs is 1. The lowest BCUT2D eigenvalue weighted by Crippen LogP contribution is -2.45. The van der Waals surface area contributed by atoms with E-state index in [1.807, 2.05) is 0 Å². The van der Waals surface area contributed by atoms with Crippen molar-refractivity contribution in [3.8, 4) is 0 Å². The van der Waals surface area contributed by atoms with Crippen molar-refractivity contribution in [3.63, 3.8) is 0 Å². The largest absolute Gasteiger partial charge is 0.481 e. The van der Waals surface area contributed by atoms with Gasteiger partial charge in [0.25, 0.3) is 0 Å². The Morgan fingerprint density at radius 1 is 1.53 bits per heavy atom. The van der Waals surface area contributed by atoms with Gasteiger partial charge >= 0.3 is 5.97 Å². The number of anilines is 1. The average Bonchev–Trinajstić information content (AvgIpc) is 2.25. The standard InChI is InChI=1S/C12H12ClNO3/c1-12(11(16)17)6-9(15)14(2)10-7(12)4-3-5-8(10)13/h3-5H,6H2,1-2H3,(H,16,17). The monoisotopic (exact) mass is 253 g/mol. The summed E-state index contributed by atoms with van der Waals surface area (Å²) in [5.74, 6) is -1.25. The summed E-state index contributed by atoms with van der Waals surface area (Å²) in [7, 11) is 1.61. The van der Waals surface area contributed by atoms with E-state index in [4.69, 9.17) is 11.6 Å². The van der Waals surface area contributed by atoms with E-state index in [0.29, 0.717) is 16.3 Å². The van der Waals surface area contributed by atoms with Gasteiger partial charge < -0.3 is 10.0 Å². The number of halogens is 1. The zero-order valence-electron chi connectivity index (χ0n) is 9.53. The van der Waals surface area contributed by atoms with E-state index < -0.39 is 11.4 Å². The number of rotatable bonds is 1. The van der Waals surface area contributed by atoms with E-state index in [2.05, 4.69) is 0 Å². The Morgan fingerprint density at radius 2 is 2.18 bits per heavy atom. The second-order valence-corrected chi connectivity index (χ2v) is 4.81. The molecule has 1 aliphatic rings. The Hall–Kier alpha value is -1.55. The van der Waals surface area contributed by atoms with Gasteiger partial charge in [-0.25, -0.2) is 0 Å². The minimum atomic E-state index is -1.20. The van der Waals surface area contributed by atoms with Crippen molar-refractivity contribution < 1.29 is 14.7 Å². The van der Waals surface area contributed by atoms with E-state index in [1.54, 1.807) is 32.2 Å². The summed E-state index contributed by atoms with van der Waals surface area (Å²) < 4.78 is 0. The van der Waals surface area contributed by atoms with Crippen LogP contribution in [-0.2, 0) is 15.0 Å². The molecule has 2 rings (SSSR count). The zero-order valence-corrected chi connectivity index (χ0v) is 10.3. The maximum Gasteiger partial charge on any atom is 0.314 e. The van der Waals surface area contributed by atoms with E-state index in [0.717, 1.165) is 0 Å². The normalized spacial score (nSPS) is 23.5. The summed E-state index contributed by atoms with van der Waals surface area (Å²) in [6.45, 7) is 1.55. The van der Waals surface area contributed by atoms with Crippen LogP contribution in [-0.4, -0.2) is 24.0 Å². The number of carbonyl (C=O) groups excluding carboxylic acids is 1. The van der Waals surface area contributed by atoms with Gasteiger partial charge in [0.05, 0.1) is 10.7 Å². The molecular formula is C12H12ClNO3. The molecular weight excluding hydrogens is 242 g/mol. The third-order valence-corrected chi connectivity index (χ3v) is 3.57. The van der Waals surface area contributed by atoms with Crippen LogP contribution >= 0.6 is 11.6 Å². The van der Waals surface area contributed by atoms with Gasteiger partial charge in [0, 0.05) is 13.5 Å². The highest BCUT2D eigenvalue weighted by molar-refractivity contribution is 6.34. The predicted molar refractivity (Wildman–Crippen MR) is 64.5 cm³/mol. The van der Waals surface area contributed by atoms with E-state index in [1.165, 1.54) is 4.90 Å². The minimum absolute atomic E-state index is 0.0494. The molecule has 0 aliphatic carbocycles. The first-order chi connectivity index (χ1) is 7.88. The number of hydrogen-bond donors (Lipinski definition) is 1. The van der Waals surface area contributed by atoms with Crippen LogP contribution in [0.15, 0.2) is 18.2 Å². The first-order valence-corrected chi connectivity index (χ1v) is 5.54. The van der Waals surface area contributed by atoms with Crippen molar-refractivity contribution in [1.29, 1.82) is 0 Å². The summed E-state index contributed by atoms with van der Waals surface area (Å²) in [4.78, 5) is 24.6. The lowest BCUT2D eigenvalue weighted by atomic mass is 9.75. The average molecular weight is 254 g/mol. The van der Waals surface area contributed by atoms with Crippen molar-refractivity contribution in [3.05, 3.63) is 28.8 Å². The lowest BCUT2D eigenvalue weighted by Gasteiger charge is -2.36. The maximum atomic E-state index is 11.8. The molecule has 0 bridgehead atoms. The maximum absolute atomic E-state index is 11.8. The van der Waals surface area contributed by atoms with Crippen molar-refractivity contribution in [2.75, 3.05) is 11.9 Å². The molecule has 4 nitrogen and oxygen atoms in total. The van der Waals surface area contributed by atoms with Gasteiger partial charge in [-0.2, -0.15) is 0 Å². The number of aliphatic carboxylic acids is 1. The number of carboxylic acids is 1.